The number of rotatable bonds is 3. The first kappa shape index (κ1) is 12.5. The van der Waals surface area contributed by atoms with E-state index in [1.165, 1.54) is 29.5 Å². The van der Waals surface area contributed by atoms with E-state index >= 15 is 0 Å². The fourth-order valence-electron chi connectivity index (χ4n) is 1.55. The maximum atomic E-state index is 13.1. The van der Waals surface area contributed by atoms with E-state index in [1.807, 2.05) is 6.92 Å². The Kier molecular flexibility index (Phi) is 3.76. The molecule has 2 rings (SSSR count). The first-order valence-electron chi connectivity index (χ1n) is 5.10. The van der Waals surface area contributed by atoms with Gasteiger partial charge in [-0.05, 0) is 30.7 Å². The van der Waals surface area contributed by atoms with E-state index < -0.39 is 6.10 Å². The van der Waals surface area contributed by atoms with Gasteiger partial charge in [-0.15, -0.1) is 11.3 Å². The molecule has 2 nitrogen and oxygen atoms in total. The van der Waals surface area contributed by atoms with Crippen LogP contribution in [0.2, 0.25) is 5.02 Å². The highest BCUT2D eigenvalue weighted by atomic mass is 35.5. The first-order valence-corrected chi connectivity index (χ1v) is 6.36. The highest BCUT2D eigenvalue weighted by molar-refractivity contribution is 7.09. The molecule has 1 unspecified atom stereocenters. The SMILES string of the molecule is Cc1nc(C(O)Cc2cc(F)ccc2Cl)cs1. The summed E-state index contributed by atoms with van der Waals surface area (Å²) in [5.74, 6) is -0.356. The normalized spacial score (nSPS) is 12.7. The van der Waals surface area contributed by atoms with Gasteiger partial charge in [0.15, 0.2) is 0 Å². The summed E-state index contributed by atoms with van der Waals surface area (Å²) in [5, 5.41) is 13.1. The number of nitrogens with zero attached hydrogens (tertiary/aromatic N) is 1. The summed E-state index contributed by atoms with van der Waals surface area (Å²) >= 11 is 7.41. The minimum Gasteiger partial charge on any atom is -0.386 e. The van der Waals surface area contributed by atoms with Crippen molar-refractivity contribution >= 4 is 22.9 Å². The highest BCUT2D eigenvalue weighted by Crippen LogP contribution is 2.25. The lowest BCUT2D eigenvalue weighted by atomic mass is 10.1. The Balaban J connectivity index is 2.18. The number of benzene rings is 1. The molecular weight excluding hydrogens is 261 g/mol. The summed E-state index contributed by atoms with van der Waals surface area (Å²) in [6.45, 7) is 1.87. The second-order valence-corrected chi connectivity index (χ2v) is 5.22. The highest BCUT2D eigenvalue weighted by Gasteiger charge is 2.14. The molecule has 1 aromatic carbocycles. The summed E-state index contributed by atoms with van der Waals surface area (Å²) in [7, 11) is 0. The fraction of sp³-hybridized carbons (Fsp3) is 0.250. The van der Waals surface area contributed by atoms with Gasteiger partial charge in [-0.3, -0.25) is 0 Å². The van der Waals surface area contributed by atoms with Crippen molar-refractivity contribution in [1.82, 2.24) is 4.98 Å². The molecule has 2 aromatic rings. The molecule has 1 atom stereocenters. The van der Waals surface area contributed by atoms with Crippen molar-refractivity contribution in [3.8, 4) is 0 Å². The average Bonchev–Trinajstić information content (AvgIpc) is 2.70. The molecule has 1 aromatic heterocycles. The van der Waals surface area contributed by atoms with E-state index in [-0.39, 0.29) is 12.2 Å². The molecule has 0 aliphatic rings. The molecule has 0 aliphatic heterocycles. The fourth-order valence-corrected chi connectivity index (χ4v) is 2.40. The summed E-state index contributed by atoms with van der Waals surface area (Å²) < 4.78 is 13.1. The van der Waals surface area contributed by atoms with Gasteiger partial charge in [-0.2, -0.15) is 0 Å². The zero-order valence-corrected chi connectivity index (χ0v) is 10.7. The second kappa shape index (κ2) is 5.12. The van der Waals surface area contributed by atoms with Crippen LogP contribution in [0.4, 0.5) is 4.39 Å². The van der Waals surface area contributed by atoms with Crippen LogP contribution < -0.4 is 0 Å². The Morgan fingerprint density at radius 2 is 2.29 bits per heavy atom. The lowest BCUT2D eigenvalue weighted by Gasteiger charge is -2.09. The van der Waals surface area contributed by atoms with Crippen LogP contribution in [0.3, 0.4) is 0 Å². The second-order valence-electron chi connectivity index (χ2n) is 3.75. The number of aliphatic hydroxyl groups is 1. The number of thiazole rings is 1. The Bertz CT molecular complexity index is 529. The van der Waals surface area contributed by atoms with Crippen molar-refractivity contribution in [2.45, 2.75) is 19.4 Å². The largest absolute Gasteiger partial charge is 0.386 e. The molecule has 0 fully saturated rings. The standard InChI is InChI=1S/C12H11ClFNOS/c1-7-15-11(6-17-7)12(16)5-8-4-9(14)2-3-10(8)13/h2-4,6,12,16H,5H2,1H3. The predicted octanol–water partition coefficient (Wildman–Crippen LogP) is 3.52. The number of halogens is 2. The molecule has 0 saturated carbocycles. The molecule has 5 heteroatoms. The lowest BCUT2D eigenvalue weighted by Crippen LogP contribution is -2.03. The van der Waals surface area contributed by atoms with Crippen LogP contribution in [-0.4, -0.2) is 10.1 Å². The van der Waals surface area contributed by atoms with Crippen molar-refractivity contribution in [2.24, 2.45) is 0 Å². The quantitative estimate of drug-likeness (QED) is 0.927. The maximum Gasteiger partial charge on any atom is 0.123 e. The van der Waals surface area contributed by atoms with Crippen LogP contribution in [0, 0.1) is 12.7 Å². The molecule has 0 amide bonds. The maximum absolute atomic E-state index is 13.1. The van der Waals surface area contributed by atoms with E-state index in [1.54, 1.807) is 5.38 Å². The van der Waals surface area contributed by atoms with Gasteiger partial charge in [0.2, 0.25) is 0 Å². The Morgan fingerprint density at radius 3 is 2.94 bits per heavy atom. The van der Waals surface area contributed by atoms with Crippen molar-refractivity contribution < 1.29 is 9.50 Å². The molecule has 17 heavy (non-hydrogen) atoms. The number of aliphatic hydroxyl groups excluding tert-OH is 1. The molecule has 0 aliphatic carbocycles. The van der Waals surface area contributed by atoms with Crippen LogP contribution in [0.15, 0.2) is 23.6 Å². The lowest BCUT2D eigenvalue weighted by molar-refractivity contribution is 0.174. The van der Waals surface area contributed by atoms with Crippen LogP contribution in [0.25, 0.3) is 0 Å². The third-order valence-corrected chi connectivity index (χ3v) is 3.56. The van der Waals surface area contributed by atoms with E-state index in [2.05, 4.69) is 4.98 Å². The van der Waals surface area contributed by atoms with Crippen LogP contribution in [0.1, 0.15) is 22.4 Å². The van der Waals surface area contributed by atoms with Gasteiger partial charge in [-0.25, -0.2) is 9.37 Å². The molecule has 1 N–H and O–H groups in total. The topological polar surface area (TPSA) is 33.1 Å². The van der Waals surface area contributed by atoms with Crippen molar-refractivity contribution in [2.75, 3.05) is 0 Å². The van der Waals surface area contributed by atoms with Crippen LogP contribution >= 0.6 is 22.9 Å². The molecule has 0 bridgehead atoms. The number of aromatic nitrogens is 1. The predicted molar refractivity (Wildman–Crippen MR) is 66.9 cm³/mol. The molecule has 0 spiro atoms. The molecule has 90 valence electrons. The van der Waals surface area contributed by atoms with Gasteiger partial charge >= 0.3 is 0 Å². The molecule has 0 saturated heterocycles. The number of hydrogen-bond acceptors (Lipinski definition) is 3. The van der Waals surface area contributed by atoms with Gasteiger partial charge in [-0.1, -0.05) is 11.6 Å². The van der Waals surface area contributed by atoms with Crippen LogP contribution in [0.5, 0.6) is 0 Å². The molecule has 0 radical (unpaired) electrons. The van der Waals surface area contributed by atoms with Gasteiger partial charge in [0.25, 0.3) is 0 Å². The van der Waals surface area contributed by atoms with Gasteiger partial charge in [0.1, 0.15) is 11.9 Å². The zero-order chi connectivity index (χ0) is 12.4. The minimum absolute atomic E-state index is 0.264. The van der Waals surface area contributed by atoms with Crippen molar-refractivity contribution in [3.63, 3.8) is 0 Å². The smallest absolute Gasteiger partial charge is 0.123 e. The van der Waals surface area contributed by atoms with E-state index in [9.17, 15) is 9.50 Å². The summed E-state index contributed by atoms with van der Waals surface area (Å²) in [6.07, 6.45) is -0.487. The Labute approximate surface area is 108 Å². The van der Waals surface area contributed by atoms with E-state index in [0.717, 1.165) is 5.01 Å². The third-order valence-electron chi connectivity index (χ3n) is 2.40. The van der Waals surface area contributed by atoms with Gasteiger partial charge < -0.3 is 5.11 Å². The zero-order valence-electron chi connectivity index (χ0n) is 9.15. The first-order chi connectivity index (χ1) is 8.06. The molecular formula is C12H11ClFNOS. The molecule has 1 heterocycles. The van der Waals surface area contributed by atoms with Crippen molar-refractivity contribution in [3.05, 3.63) is 50.7 Å². The summed E-state index contributed by atoms with van der Waals surface area (Å²) in [6, 6.07) is 4.13. The minimum atomic E-state index is -0.751. The van der Waals surface area contributed by atoms with Gasteiger partial charge in [0, 0.05) is 16.8 Å². The Morgan fingerprint density at radius 1 is 1.53 bits per heavy atom. The summed E-state index contributed by atoms with van der Waals surface area (Å²) in [5.41, 5.74) is 1.19. The Hall–Kier alpha value is -0.970. The number of hydrogen-bond donors (Lipinski definition) is 1. The van der Waals surface area contributed by atoms with Crippen molar-refractivity contribution in [1.29, 1.82) is 0 Å². The van der Waals surface area contributed by atoms with E-state index in [4.69, 9.17) is 11.6 Å². The van der Waals surface area contributed by atoms with Gasteiger partial charge in [0.05, 0.1) is 10.7 Å². The number of aryl methyl sites for hydroxylation is 1. The van der Waals surface area contributed by atoms with Crippen LogP contribution in [-0.2, 0) is 6.42 Å². The monoisotopic (exact) mass is 271 g/mol. The summed E-state index contributed by atoms with van der Waals surface area (Å²) in [4.78, 5) is 4.19. The third kappa shape index (κ3) is 3.03. The van der Waals surface area contributed by atoms with E-state index in [0.29, 0.717) is 16.3 Å². The average molecular weight is 272 g/mol.